The van der Waals surface area contributed by atoms with Crippen LogP contribution < -0.4 is 4.90 Å². The zero-order valence-corrected chi connectivity index (χ0v) is 19.7. The first kappa shape index (κ1) is 21.2. The van der Waals surface area contributed by atoms with Crippen LogP contribution in [0.5, 0.6) is 0 Å². The van der Waals surface area contributed by atoms with Crippen molar-refractivity contribution in [3.05, 3.63) is 99.8 Å². The lowest BCUT2D eigenvalue weighted by molar-refractivity contribution is 0.188. The minimum Gasteiger partial charge on any atom is -0.419 e. The SMILES string of the molecule is Clc1ccc(N2CCN([C@H](c3ccc(Br)cc3)c3nnc(-c4ccccc4)o3)CC2)cc1. The third-order valence-corrected chi connectivity index (χ3v) is 6.53. The molecule has 4 aromatic rings. The number of halogens is 2. The Bertz CT molecular complexity index is 1160. The molecule has 1 aromatic heterocycles. The van der Waals surface area contributed by atoms with Crippen LogP contribution in [0, 0.1) is 0 Å². The maximum absolute atomic E-state index is 6.19. The first-order valence-corrected chi connectivity index (χ1v) is 11.7. The Kier molecular flexibility index (Phi) is 6.26. The molecule has 0 saturated carbocycles. The summed E-state index contributed by atoms with van der Waals surface area (Å²) in [5, 5.41) is 9.55. The predicted octanol–water partition coefficient (Wildman–Crippen LogP) is 6.06. The summed E-state index contributed by atoms with van der Waals surface area (Å²) in [6.07, 6.45) is 0. The Morgan fingerprint density at radius 2 is 1.50 bits per heavy atom. The van der Waals surface area contributed by atoms with Gasteiger partial charge in [-0.1, -0.05) is 57.9 Å². The van der Waals surface area contributed by atoms with Gasteiger partial charge in [0.15, 0.2) is 0 Å². The van der Waals surface area contributed by atoms with Crippen LogP contribution >= 0.6 is 27.5 Å². The van der Waals surface area contributed by atoms with Gasteiger partial charge in [0.1, 0.15) is 6.04 Å². The minimum absolute atomic E-state index is 0.0968. The molecule has 1 aliphatic rings. The molecule has 0 aliphatic carbocycles. The fraction of sp³-hybridized carbons (Fsp3) is 0.200. The largest absolute Gasteiger partial charge is 0.419 e. The molecule has 0 N–H and O–H groups in total. The molecule has 0 bridgehead atoms. The number of hydrogen-bond donors (Lipinski definition) is 0. The fourth-order valence-corrected chi connectivity index (χ4v) is 4.48. The smallest absolute Gasteiger partial charge is 0.247 e. The van der Waals surface area contributed by atoms with E-state index in [0.717, 1.165) is 46.8 Å². The minimum atomic E-state index is -0.0968. The number of hydrogen-bond acceptors (Lipinski definition) is 5. The van der Waals surface area contributed by atoms with Gasteiger partial charge in [-0.15, -0.1) is 10.2 Å². The van der Waals surface area contributed by atoms with Crippen LogP contribution in [-0.4, -0.2) is 41.3 Å². The van der Waals surface area contributed by atoms with Crippen LogP contribution in [0.2, 0.25) is 5.02 Å². The molecule has 1 saturated heterocycles. The van der Waals surface area contributed by atoms with Gasteiger partial charge in [-0.3, -0.25) is 4.90 Å². The highest BCUT2D eigenvalue weighted by atomic mass is 79.9. The highest BCUT2D eigenvalue weighted by Gasteiger charge is 2.30. The molecule has 1 aliphatic heterocycles. The standard InChI is InChI=1S/C25H22BrClN4O/c26-20-8-6-18(7-9-20)23(25-29-28-24(32-25)19-4-2-1-3-5-19)31-16-14-30(15-17-31)22-12-10-21(27)11-13-22/h1-13,23H,14-17H2/t23-/m1/s1. The van der Waals surface area contributed by atoms with Crippen molar-refractivity contribution in [2.75, 3.05) is 31.1 Å². The summed E-state index contributed by atoms with van der Waals surface area (Å²) < 4.78 is 7.24. The molecule has 5 rings (SSSR count). The van der Waals surface area contributed by atoms with Crippen molar-refractivity contribution in [2.45, 2.75) is 6.04 Å². The average Bonchev–Trinajstić information content (AvgIpc) is 3.32. The van der Waals surface area contributed by atoms with Gasteiger partial charge in [0.25, 0.3) is 0 Å². The second kappa shape index (κ2) is 9.45. The lowest BCUT2D eigenvalue weighted by Crippen LogP contribution is -2.48. The van der Waals surface area contributed by atoms with Gasteiger partial charge in [-0.25, -0.2) is 0 Å². The number of aromatic nitrogens is 2. The van der Waals surface area contributed by atoms with Crippen LogP contribution in [0.4, 0.5) is 5.69 Å². The van der Waals surface area contributed by atoms with Gasteiger partial charge < -0.3 is 9.32 Å². The first-order valence-electron chi connectivity index (χ1n) is 10.6. The molecule has 7 heteroatoms. The van der Waals surface area contributed by atoms with E-state index < -0.39 is 0 Å². The molecule has 5 nitrogen and oxygen atoms in total. The van der Waals surface area contributed by atoms with Crippen molar-refractivity contribution in [3.63, 3.8) is 0 Å². The van der Waals surface area contributed by atoms with E-state index in [9.17, 15) is 0 Å². The first-order chi connectivity index (χ1) is 15.7. The Labute approximate surface area is 200 Å². The van der Waals surface area contributed by atoms with E-state index in [-0.39, 0.29) is 6.04 Å². The zero-order chi connectivity index (χ0) is 21.9. The molecule has 0 unspecified atom stereocenters. The normalized spacial score (nSPS) is 15.6. The summed E-state index contributed by atoms with van der Waals surface area (Å²) in [6.45, 7) is 3.58. The molecule has 0 amide bonds. The second-order valence-corrected chi connectivity index (χ2v) is 9.12. The monoisotopic (exact) mass is 508 g/mol. The number of rotatable bonds is 5. The second-order valence-electron chi connectivity index (χ2n) is 7.76. The predicted molar refractivity (Wildman–Crippen MR) is 131 cm³/mol. The molecule has 2 heterocycles. The lowest BCUT2D eigenvalue weighted by Gasteiger charge is -2.39. The fourth-order valence-electron chi connectivity index (χ4n) is 4.09. The molecular weight excluding hydrogens is 488 g/mol. The molecule has 162 valence electrons. The van der Waals surface area contributed by atoms with E-state index in [4.69, 9.17) is 16.0 Å². The summed E-state index contributed by atoms with van der Waals surface area (Å²) in [6, 6.07) is 26.2. The van der Waals surface area contributed by atoms with Gasteiger partial charge >= 0.3 is 0 Å². The highest BCUT2D eigenvalue weighted by Crippen LogP contribution is 2.32. The van der Waals surface area contributed by atoms with E-state index in [1.807, 2.05) is 42.5 Å². The van der Waals surface area contributed by atoms with E-state index in [1.165, 1.54) is 5.69 Å². The maximum atomic E-state index is 6.19. The van der Waals surface area contributed by atoms with Crippen LogP contribution in [0.25, 0.3) is 11.5 Å². The van der Waals surface area contributed by atoms with Crippen LogP contribution in [0.15, 0.2) is 87.8 Å². The number of benzene rings is 3. The summed E-state index contributed by atoms with van der Waals surface area (Å²) >= 11 is 9.59. The van der Waals surface area contributed by atoms with Crippen molar-refractivity contribution in [2.24, 2.45) is 0 Å². The quantitative estimate of drug-likeness (QED) is 0.327. The van der Waals surface area contributed by atoms with Crippen molar-refractivity contribution in [1.29, 1.82) is 0 Å². The van der Waals surface area contributed by atoms with Crippen molar-refractivity contribution in [3.8, 4) is 11.5 Å². The Hall–Kier alpha value is -2.67. The summed E-state index contributed by atoms with van der Waals surface area (Å²) in [7, 11) is 0. The van der Waals surface area contributed by atoms with Gasteiger partial charge in [0, 0.05) is 46.9 Å². The topological polar surface area (TPSA) is 45.4 Å². The van der Waals surface area contributed by atoms with E-state index >= 15 is 0 Å². The molecule has 1 fully saturated rings. The van der Waals surface area contributed by atoms with Crippen molar-refractivity contribution in [1.82, 2.24) is 15.1 Å². The van der Waals surface area contributed by atoms with E-state index in [2.05, 4.69) is 72.3 Å². The summed E-state index contributed by atoms with van der Waals surface area (Å²) in [4.78, 5) is 4.80. The maximum Gasteiger partial charge on any atom is 0.247 e. The Balaban J connectivity index is 1.41. The molecule has 32 heavy (non-hydrogen) atoms. The molecular formula is C25H22BrClN4O. The lowest BCUT2D eigenvalue weighted by atomic mass is 10.0. The van der Waals surface area contributed by atoms with Gasteiger partial charge in [0.2, 0.25) is 11.8 Å². The number of nitrogens with zero attached hydrogens (tertiary/aromatic N) is 4. The van der Waals surface area contributed by atoms with Crippen molar-refractivity contribution < 1.29 is 4.42 Å². The van der Waals surface area contributed by atoms with Crippen molar-refractivity contribution >= 4 is 33.2 Å². The van der Waals surface area contributed by atoms with Gasteiger partial charge in [0.05, 0.1) is 0 Å². The van der Waals surface area contributed by atoms with Gasteiger partial charge in [-0.05, 0) is 54.1 Å². The zero-order valence-electron chi connectivity index (χ0n) is 17.4. The molecule has 1 atom stereocenters. The third-order valence-electron chi connectivity index (χ3n) is 5.75. The summed E-state index contributed by atoms with van der Waals surface area (Å²) in [5.41, 5.74) is 3.25. The Morgan fingerprint density at radius 1 is 0.812 bits per heavy atom. The molecule has 0 radical (unpaired) electrons. The van der Waals surface area contributed by atoms with E-state index in [0.29, 0.717) is 11.8 Å². The van der Waals surface area contributed by atoms with E-state index in [1.54, 1.807) is 0 Å². The Morgan fingerprint density at radius 3 is 2.19 bits per heavy atom. The van der Waals surface area contributed by atoms with Gasteiger partial charge in [-0.2, -0.15) is 0 Å². The van der Waals surface area contributed by atoms with Crippen LogP contribution in [-0.2, 0) is 0 Å². The van der Waals surface area contributed by atoms with Crippen LogP contribution in [0.1, 0.15) is 17.5 Å². The third kappa shape index (κ3) is 4.58. The molecule has 0 spiro atoms. The average molecular weight is 510 g/mol. The molecule has 3 aromatic carbocycles. The number of anilines is 1. The highest BCUT2D eigenvalue weighted by molar-refractivity contribution is 9.10. The van der Waals surface area contributed by atoms with Crippen LogP contribution in [0.3, 0.4) is 0 Å². The summed E-state index contributed by atoms with van der Waals surface area (Å²) in [5.74, 6) is 1.16. The number of piperazine rings is 1.